The predicted molar refractivity (Wildman–Crippen MR) is 62.9 cm³/mol. The van der Waals surface area contributed by atoms with Crippen LogP contribution in [0.25, 0.3) is 0 Å². The molecule has 2 atom stereocenters. The molecular weight excluding hydrogens is 206 g/mol. The van der Waals surface area contributed by atoms with E-state index in [2.05, 4.69) is 0 Å². The van der Waals surface area contributed by atoms with Crippen LogP contribution in [-0.4, -0.2) is 25.4 Å². The van der Waals surface area contributed by atoms with Crippen molar-refractivity contribution in [1.29, 1.82) is 0 Å². The molecule has 0 aliphatic heterocycles. The summed E-state index contributed by atoms with van der Waals surface area (Å²) >= 11 is 0. The van der Waals surface area contributed by atoms with Crippen molar-refractivity contribution < 1.29 is 14.6 Å². The Hall–Kier alpha value is -1.26. The maximum Gasteiger partial charge on any atom is 0.127 e. The summed E-state index contributed by atoms with van der Waals surface area (Å²) in [7, 11) is 3.15. The van der Waals surface area contributed by atoms with Gasteiger partial charge < -0.3 is 20.3 Å². The zero-order valence-corrected chi connectivity index (χ0v) is 10.2. The zero-order chi connectivity index (χ0) is 12.3. The third-order valence-electron chi connectivity index (χ3n) is 2.54. The van der Waals surface area contributed by atoms with Crippen molar-refractivity contribution in [3.63, 3.8) is 0 Å². The lowest BCUT2D eigenvalue weighted by molar-refractivity contribution is 0.161. The molecule has 1 aromatic carbocycles. The fourth-order valence-corrected chi connectivity index (χ4v) is 1.64. The normalized spacial score (nSPS) is 14.4. The van der Waals surface area contributed by atoms with Crippen LogP contribution in [0.15, 0.2) is 12.1 Å². The number of rotatable bonds is 4. The molecular formula is C12H19NO3. The van der Waals surface area contributed by atoms with Gasteiger partial charge in [-0.15, -0.1) is 0 Å². The Balaban J connectivity index is 3.32. The van der Waals surface area contributed by atoms with Gasteiger partial charge in [0.25, 0.3) is 0 Å². The van der Waals surface area contributed by atoms with E-state index in [1.807, 2.05) is 19.1 Å². The van der Waals surface area contributed by atoms with E-state index in [4.69, 9.17) is 15.2 Å². The maximum atomic E-state index is 9.55. The summed E-state index contributed by atoms with van der Waals surface area (Å²) in [6.07, 6.45) is -0.662. The Morgan fingerprint density at radius 3 is 1.94 bits per heavy atom. The van der Waals surface area contributed by atoms with Crippen molar-refractivity contribution in [3.8, 4) is 11.5 Å². The number of ether oxygens (including phenoxy) is 2. The summed E-state index contributed by atoms with van der Waals surface area (Å²) in [6, 6.07) is 3.23. The Kier molecular flexibility index (Phi) is 4.15. The first kappa shape index (κ1) is 12.8. The van der Waals surface area contributed by atoms with E-state index in [0.717, 1.165) is 5.56 Å². The van der Waals surface area contributed by atoms with Gasteiger partial charge in [0, 0.05) is 0 Å². The topological polar surface area (TPSA) is 64.7 Å². The van der Waals surface area contributed by atoms with E-state index in [9.17, 15) is 5.11 Å². The second kappa shape index (κ2) is 5.18. The Bertz CT molecular complexity index is 338. The lowest BCUT2D eigenvalue weighted by Gasteiger charge is -2.21. The first-order valence-electron chi connectivity index (χ1n) is 5.17. The fourth-order valence-electron chi connectivity index (χ4n) is 1.64. The van der Waals surface area contributed by atoms with Crippen molar-refractivity contribution in [2.45, 2.75) is 26.0 Å². The third kappa shape index (κ3) is 2.46. The van der Waals surface area contributed by atoms with Crippen LogP contribution >= 0.6 is 0 Å². The lowest BCUT2D eigenvalue weighted by Crippen LogP contribution is -2.24. The van der Waals surface area contributed by atoms with Gasteiger partial charge in [-0.05, 0) is 31.5 Å². The number of aliphatic hydroxyl groups excluding tert-OH is 1. The Labute approximate surface area is 96.0 Å². The van der Waals surface area contributed by atoms with Crippen LogP contribution in [-0.2, 0) is 0 Å². The van der Waals surface area contributed by atoms with Gasteiger partial charge in [-0.1, -0.05) is 0 Å². The molecule has 0 aromatic heterocycles. The maximum absolute atomic E-state index is 9.55. The number of hydrogen-bond acceptors (Lipinski definition) is 4. The van der Waals surface area contributed by atoms with Gasteiger partial charge in [0.15, 0.2) is 0 Å². The molecule has 16 heavy (non-hydrogen) atoms. The monoisotopic (exact) mass is 225 g/mol. The van der Waals surface area contributed by atoms with Crippen LogP contribution in [0.5, 0.6) is 11.5 Å². The quantitative estimate of drug-likeness (QED) is 0.812. The van der Waals surface area contributed by atoms with Gasteiger partial charge in [-0.2, -0.15) is 0 Å². The minimum atomic E-state index is -0.662. The summed E-state index contributed by atoms with van der Waals surface area (Å²) in [4.78, 5) is 0. The summed E-state index contributed by atoms with van der Waals surface area (Å²) in [5.41, 5.74) is 7.65. The standard InChI is InChI=1S/C12H19NO3/c1-7-5-9(15-3)11(10(6-7)16-4)12(13)8(2)14/h5-6,8,12,14H,13H2,1-4H3/t8-,12-/m1/s1. The van der Waals surface area contributed by atoms with Crippen molar-refractivity contribution in [3.05, 3.63) is 23.3 Å². The summed E-state index contributed by atoms with van der Waals surface area (Å²) in [5.74, 6) is 1.29. The van der Waals surface area contributed by atoms with E-state index in [1.54, 1.807) is 21.1 Å². The van der Waals surface area contributed by atoms with Crippen LogP contribution in [0.4, 0.5) is 0 Å². The van der Waals surface area contributed by atoms with Gasteiger partial charge in [-0.25, -0.2) is 0 Å². The molecule has 1 aromatic rings. The number of nitrogens with two attached hydrogens (primary N) is 1. The molecule has 0 amide bonds. The van der Waals surface area contributed by atoms with Gasteiger partial charge in [0.05, 0.1) is 31.9 Å². The second-order valence-corrected chi connectivity index (χ2v) is 3.85. The largest absolute Gasteiger partial charge is 0.496 e. The molecule has 90 valence electrons. The molecule has 0 heterocycles. The number of hydrogen-bond donors (Lipinski definition) is 2. The number of methoxy groups -OCH3 is 2. The third-order valence-corrected chi connectivity index (χ3v) is 2.54. The molecule has 0 bridgehead atoms. The fraction of sp³-hybridized carbons (Fsp3) is 0.500. The first-order valence-corrected chi connectivity index (χ1v) is 5.17. The number of aryl methyl sites for hydroxylation is 1. The van der Waals surface area contributed by atoms with Crippen LogP contribution in [0, 0.1) is 6.92 Å². The van der Waals surface area contributed by atoms with Gasteiger partial charge in [0.1, 0.15) is 11.5 Å². The average molecular weight is 225 g/mol. The molecule has 0 spiro atoms. The molecule has 4 heteroatoms. The molecule has 4 nitrogen and oxygen atoms in total. The van der Waals surface area contributed by atoms with Gasteiger partial charge in [0.2, 0.25) is 0 Å². The van der Waals surface area contributed by atoms with E-state index >= 15 is 0 Å². The van der Waals surface area contributed by atoms with Crippen molar-refractivity contribution in [2.75, 3.05) is 14.2 Å². The lowest BCUT2D eigenvalue weighted by atomic mass is 9.99. The van der Waals surface area contributed by atoms with E-state index in [0.29, 0.717) is 17.1 Å². The number of aliphatic hydroxyl groups is 1. The summed E-state index contributed by atoms with van der Waals surface area (Å²) < 4.78 is 10.5. The highest BCUT2D eigenvalue weighted by Gasteiger charge is 2.21. The van der Waals surface area contributed by atoms with E-state index in [1.165, 1.54) is 0 Å². The van der Waals surface area contributed by atoms with Crippen LogP contribution < -0.4 is 15.2 Å². The minimum Gasteiger partial charge on any atom is -0.496 e. The molecule has 0 fully saturated rings. The smallest absolute Gasteiger partial charge is 0.127 e. The highest BCUT2D eigenvalue weighted by atomic mass is 16.5. The molecule has 3 N–H and O–H groups in total. The molecule has 0 saturated heterocycles. The van der Waals surface area contributed by atoms with Gasteiger partial charge in [-0.3, -0.25) is 0 Å². The molecule has 0 unspecified atom stereocenters. The molecule has 0 saturated carbocycles. The van der Waals surface area contributed by atoms with Crippen LogP contribution in [0.2, 0.25) is 0 Å². The van der Waals surface area contributed by atoms with Crippen LogP contribution in [0.3, 0.4) is 0 Å². The number of benzene rings is 1. The first-order chi connectivity index (χ1) is 7.51. The Morgan fingerprint density at radius 1 is 1.19 bits per heavy atom. The van der Waals surface area contributed by atoms with Crippen LogP contribution in [0.1, 0.15) is 24.1 Å². The van der Waals surface area contributed by atoms with E-state index < -0.39 is 12.1 Å². The van der Waals surface area contributed by atoms with Crippen molar-refractivity contribution in [1.82, 2.24) is 0 Å². The van der Waals surface area contributed by atoms with Crippen molar-refractivity contribution in [2.24, 2.45) is 5.73 Å². The molecule has 0 radical (unpaired) electrons. The molecule has 1 rings (SSSR count). The second-order valence-electron chi connectivity index (χ2n) is 3.85. The highest BCUT2D eigenvalue weighted by Crippen LogP contribution is 2.35. The SMILES string of the molecule is COc1cc(C)cc(OC)c1[C@H](N)[C@@H](C)O. The highest BCUT2D eigenvalue weighted by molar-refractivity contribution is 5.50. The summed E-state index contributed by atoms with van der Waals surface area (Å²) in [6.45, 7) is 3.59. The summed E-state index contributed by atoms with van der Waals surface area (Å²) in [5, 5.41) is 9.55. The zero-order valence-electron chi connectivity index (χ0n) is 10.2. The van der Waals surface area contributed by atoms with E-state index in [-0.39, 0.29) is 0 Å². The average Bonchev–Trinajstić information content (AvgIpc) is 2.26. The van der Waals surface area contributed by atoms with Crippen molar-refractivity contribution >= 4 is 0 Å². The Morgan fingerprint density at radius 2 is 1.62 bits per heavy atom. The molecule has 0 aliphatic carbocycles. The molecule has 0 aliphatic rings. The predicted octanol–water partition coefficient (Wildman–Crippen LogP) is 1.39. The van der Waals surface area contributed by atoms with Gasteiger partial charge >= 0.3 is 0 Å². The minimum absolute atomic E-state index is 0.523.